The number of nitrogens with zero attached hydrogens (tertiary/aromatic N) is 1. The summed E-state index contributed by atoms with van der Waals surface area (Å²) in [6.07, 6.45) is 3.00. The van der Waals surface area contributed by atoms with Gasteiger partial charge in [-0.15, -0.1) is 0 Å². The fourth-order valence-electron chi connectivity index (χ4n) is 2.76. The Kier molecular flexibility index (Phi) is 5.71. The van der Waals surface area contributed by atoms with E-state index in [4.69, 9.17) is 16.3 Å². The molecule has 1 unspecified atom stereocenters. The SMILES string of the molecule is COc1ccc2c(c1Cl)C(NCCS(=O)(=O)N(C)C)CCC2. The zero-order valence-corrected chi connectivity index (χ0v) is 14.8. The van der Waals surface area contributed by atoms with Crippen LogP contribution in [0.5, 0.6) is 5.75 Å². The van der Waals surface area contributed by atoms with Gasteiger partial charge in [-0.1, -0.05) is 17.7 Å². The number of rotatable bonds is 6. The van der Waals surface area contributed by atoms with Gasteiger partial charge in [0.15, 0.2) is 0 Å². The van der Waals surface area contributed by atoms with Gasteiger partial charge in [0.1, 0.15) is 5.75 Å². The van der Waals surface area contributed by atoms with Crippen molar-refractivity contribution in [1.29, 1.82) is 0 Å². The molecule has 1 N–H and O–H groups in total. The van der Waals surface area contributed by atoms with Gasteiger partial charge >= 0.3 is 0 Å². The molecule has 0 bridgehead atoms. The average Bonchev–Trinajstić information content (AvgIpc) is 2.47. The second kappa shape index (κ2) is 7.17. The van der Waals surface area contributed by atoms with E-state index < -0.39 is 10.0 Å². The Bertz CT molecular complexity index is 632. The summed E-state index contributed by atoms with van der Waals surface area (Å²) in [6.45, 7) is 0.401. The van der Waals surface area contributed by atoms with Crippen molar-refractivity contribution in [3.8, 4) is 5.75 Å². The molecule has 0 spiro atoms. The molecule has 1 atom stereocenters. The van der Waals surface area contributed by atoms with E-state index in [2.05, 4.69) is 5.32 Å². The summed E-state index contributed by atoms with van der Waals surface area (Å²) in [5, 5.41) is 3.97. The molecule has 0 saturated carbocycles. The third-order valence-corrected chi connectivity index (χ3v) is 6.27. The molecule has 0 aromatic heterocycles. The maximum Gasteiger partial charge on any atom is 0.214 e. The van der Waals surface area contributed by atoms with Crippen LogP contribution >= 0.6 is 11.6 Å². The van der Waals surface area contributed by atoms with E-state index in [1.807, 2.05) is 12.1 Å². The summed E-state index contributed by atoms with van der Waals surface area (Å²) in [7, 11) is 1.51. The Morgan fingerprint density at radius 2 is 2.14 bits per heavy atom. The summed E-state index contributed by atoms with van der Waals surface area (Å²) in [6, 6.07) is 4.01. The molecular weight excluding hydrogens is 324 g/mol. The molecule has 5 nitrogen and oxygen atoms in total. The molecule has 22 heavy (non-hydrogen) atoms. The van der Waals surface area contributed by atoms with E-state index in [1.165, 1.54) is 9.87 Å². The van der Waals surface area contributed by atoms with Gasteiger partial charge in [-0.05, 0) is 36.5 Å². The summed E-state index contributed by atoms with van der Waals surface area (Å²) in [5.74, 6) is 0.739. The lowest BCUT2D eigenvalue weighted by Crippen LogP contribution is -2.34. The molecule has 0 heterocycles. The Balaban J connectivity index is 2.12. The number of hydrogen-bond donors (Lipinski definition) is 1. The first-order valence-electron chi connectivity index (χ1n) is 7.35. The fraction of sp³-hybridized carbons (Fsp3) is 0.600. The van der Waals surface area contributed by atoms with E-state index in [9.17, 15) is 8.42 Å². The predicted molar refractivity (Wildman–Crippen MR) is 89.2 cm³/mol. The molecule has 0 radical (unpaired) electrons. The van der Waals surface area contributed by atoms with Crippen LogP contribution in [0, 0.1) is 0 Å². The number of fused-ring (bicyclic) bond motifs is 1. The summed E-state index contributed by atoms with van der Waals surface area (Å²) in [4.78, 5) is 0. The highest BCUT2D eigenvalue weighted by atomic mass is 35.5. The standard InChI is InChI=1S/C15H23ClN2O3S/c1-18(2)22(19,20)10-9-17-12-6-4-5-11-7-8-13(21-3)15(16)14(11)12/h7-8,12,17H,4-6,9-10H2,1-3H3. The van der Waals surface area contributed by atoms with E-state index in [0.717, 1.165) is 24.8 Å². The first-order chi connectivity index (χ1) is 10.4. The van der Waals surface area contributed by atoms with Crippen molar-refractivity contribution in [1.82, 2.24) is 9.62 Å². The molecule has 1 aromatic rings. The lowest BCUT2D eigenvalue weighted by Gasteiger charge is -2.28. The first-order valence-corrected chi connectivity index (χ1v) is 9.34. The highest BCUT2D eigenvalue weighted by Gasteiger charge is 2.25. The van der Waals surface area contributed by atoms with Crippen LogP contribution < -0.4 is 10.1 Å². The van der Waals surface area contributed by atoms with Gasteiger partial charge in [-0.3, -0.25) is 0 Å². The van der Waals surface area contributed by atoms with E-state index in [-0.39, 0.29) is 11.8 Å². The minimum atomic E-state index is -3.19. The number of aryl methyl sites for hydroxylation is 1. The molecule has 0 saturated heterocycles. The molecule has 0 fully saturated rings. The van der Waals surface area contributed by atoms with Gasteiger partial charge < -0.3 is 10.1 Å². The van der Waals surface area contributed by atoms with Crippen molar-refractivity contribution in [2.24, 2.45) is 0 Å². The van der Waals surface area contributed by atoms with Crippen LogP contribution in [0.15, 0.2) is 12.1 Å². The topological polar surface area (TPSA) is 58.6 Å². The number of nitrogens with one attached hydrogen (secondary N) is 1. The van der Waals surface area contributed by atoms with Crippen molar-refractivity contribution >= 4 is 21.6 Å². The van der Waals surface area contributed by atoms with Crippen LogP contribution in [0.3, 0.4) is 0 Å². The average molecular weight is 347 g/mol. The molecule has 2 rings (SSSR count). The Morgan fingerprint density at radius 3 is 2.77 bits per heavy atom. The number of halogens is 1. The van der Waals surface area contributed by atoms with Crippen LogP contribution in [0.4, 0.5) is 0 Å². The van der Waals surface area contributed by atoms with Crippen LogP contribution in [-0.2, 0) is 16.4 Å². The monoisotopic (exact) mass is 346 g/mol. The maximum absolute atomic E-state index is 11.8. The summed E-state index contributed by atoms with van der Waals surface area (Å²) >= 11 is 6.45. The van der Waals surface area contributed by atoms with E-state index in [1.54, 1.807) is 21.2 Å². The zero-order chi connectivity index (χ0) is 16.3. The van der Waals surface area contributed by atoms with Crippen molar-refractivity contribution < 1.29 is 13.2 Å². The van der Waals surface area contributed by atoms with Crippen molar-refractivity contribution in [2.45, 2.75) is 25.3 Å². The Hall–Kier alpha value is -0.820. The van der Waals surface area contributed by atoms with Gasteiger partial charge in [-0.2, -0.15) is 0 Å². The number of sulfonamides is 1. The van der Waals surface area contributed by atoms with Crippen molar-refractivity contribution in [3.05, 3.63) is 28.3 Å². The van der Waals surface area contributed by atoms with E-state index in [0.29, 0.717) is 17.3 Å². The zero-order valence-electron chi connectivity index (χ0n) is 13.2. The highest BCUT2D eigenvalue weighted by molar-refractivity contribution is 7.89. The van der Waals surface area contributed by atoms with Gasteiger partial charge in [0.25, 0.3) is 0 Å². The molecule has 124 valence electrons. The minimum Gasteiger partial charge on any atom is -0.495 e. The molecule has 0 aliphatic heterocycles. The van der Waals surface area contributed by atoms with Gasteiger partial charge in [0.05, 0.1) is 17.9 Å². The lowest BCUT2D eigenvalue weighted by atomic mass is 9.87. The van der Waals surface area contributed by atoms with Gasteiger partial charge in [0, 0.05) is 26.7 Å². The molecule has 7 heteroatoms. The number of methoxy groups -OCH3 is 1. The molecule has 1 aliphatic rings. The smallest absolute Gasteiger partial charge is 0.214 e. The van der Waals surface area contributed by atoms with E-state index >= 15 is 0 Å². The van der Waals surface area contributed by atoms with Crippen LogP contribution in [0.1, 0.15) is 30.0 Å². The third-order valence-electron chi connectivity index (χ3n) is 4.05. The van der Waals surface area contributed by atoms with Gasteiger partial charge in [-0.25, -0.2) is 12.7 Å². The summed E-state index contributed by atoms with van der Waals surface area (Å²) in [5.41, 5.74) is 2.26. The molecule has 1 aromatic carbocycles. The fourth-order valence-corrected chi connectivity index (χ4v) is 3.89. The number of ether oxygens (including phenoxy) is 1. The normalized spacial score (nSPS) is 18.3. The number of hydrogen-bond acceptors (Lipinski definition) is 4. The molecule has 0 amide bonds. The Labute approximate surface area is 137 Å². The molecular formula is C15H23ClN2O3S. The van der Waals surface area contributed by atoms with Crippen molar-refractivity contribution in [2.75, 3.05) is 33.5 Å². The largest absolute Gasteiger partial charge is 0.495 e. The van der Waals surface area contributed by atoms with Crippen LogP contribution in [-0.4, -0.2) is 46.2 Å². The quantitative estimate of drug-likeness (QED) is 0.858. The molecule has 1 aliphatic carbocycles. The minimum absolute atomic E-state index is 0.0729. The second-order valence-electron chi connectivity index (χ2n) is 5.65. The summed E-state index contributed by atoms with van der Waals surface area (Å²) < 4.78 is 30.2. The van der Waals surface area contributed by atoms with Gasteiger partial charge in [0.2, 0.25) is 10.0 Å². The Morgan fingerprint density at radius 1 is 1.41 bits per heavy atom. The second-order valence-corrected chi connectivity index (χ2v) is 8.33. The van der Waals surface area contributed by atoms with Crippen molar-refractivity contribution in [3.63, 3.8) is 0 Å². The van der Waals surface area contributed by atoms with Crippen LogP contribution in [0.2, 0.25) is 5.02 Å². The number of benzene rings is 1. The third kappa shape index (κ3) is 3.74. The predicted octanol–water partition coefficient (Wildman–Crippen LogP) is 2.21. The van der Waals surface area contributed by atoms with Crippen LogP contribution in [0.25, 0.3) is 0 Å². The highest BCUT2D eigenvalue weighted by Crippen LogP contribution is 2.39. The lowest BCUT2D eigenvalue weighted by molar-refractivity contribution is 0.409. The maximum atomic E-state index is 11.8. The first kappa shape index (κ1) is 17.5.